The zero-order chi connectivity index (χ0) is 17.0. The van der Waals surface area contributed by atoms with Gasteiger partial charge in [0.2, 0.25) is 10.0 Å². The van der Waals surface area contributed by atoms with Crippen molar-refractivity contribution in [2.24, 2.45) is 0 Å². The predicted molar refractivity (Wildman–Crippen MR) is 106 cm³/mol. The maximum absolute atomic E-state index is 12.5. The van der Waals surface area contributed by atoms with Gasteiger partial charge in [-0.15, -0.1) is 24.8 Å². The number of ether oxygens (including phenoxy) is 2. The first kappa shape index (κ1) is 23.6. The Morgan fingerprint density at radius 3 is 2.38 bits per heavy atom. The van der Waals surface area contributed by atoms with Gasteiger partial charge in [0.1, 0.15) is 18.1 Å². The smallest absolute Gasteiger partial charge is 0.242 e. The maximum Gasteiger partial charge on any atom is 0.242 e. The van der Waals surface area contributed by atoms with Crippen LogP contribution in [0.2, 0.25) is 5.02 Å². The number of rotatable bonds is 6. The Bertz CT molecular complexity index is 685. The first-order valence-electron chi connectivity index (χ1n) is 8.08. The standard InChI is InChI=1S/C15H22ClN3O4S.2ClH/c16-12-10-13-14(23-9-8-22-13)11-15(12)24(20,21)18-2-1-5-19-6-3-17-4-7-19;;/h10-11,17-18H,1-9H2;2*1H. The van der Waals surface area contributed by atoms with E-state index >= 15 is 0 Å². The summed E-state index contributed by atoms with van der Waals surface area (Å²) in [4.78, 5) is 2.34. The van der Waals surface area contributed by atoms with Crippen LogP contribution in [-0.2, 0) is 10.0 Å². The van der Waals surface area contributed by atoms with Gasteiger partial charge in [0.15, 0.2) is 11.5 Å². The monoisotopic (exact) mass is 447 g/mol. The molecule has 3 rings (SSSR count). The summed E-state index contributed by atoms with van der Waals surface area (Å²) >= 11 is 6.11. The summed E-state index contributed by atoms with van der Waals surface area (Å²) in [5.74, 6) is 0.885. The summed E-state index contributed by atoms with van der Waals surface area (Å²) in [5, 5.41) is 3.43. The van der Waals surface area contributed by atoms with Gasteiger partial charge in [0, 0.05) is 44.9 Å². The minimum atomic E-state index is -3.68. The van der Waals surface area contributed by atoms with E-state index in [0.717, 1.165) is 39.1 Å². The van der Waals surface area contributed by atoms with E-state index in [1.165, 1.54) is 12.1 Å². The molecule has 11 heteroatoms. The normalized spacial score (nSPS) is 17.1. The zero-order valence-electron chi connectivity index (χ0n) is 14.2. The van der Waals surface area contributed by atoms with Gasteiger partial charge in [-0.1, -0.05) is 11.6 Å². The third-order valence-electron chi connectivity index (χ3n) is 4.04. The molecule has 0 unspecified atom stereocenters. The number of piperazine rings is 1. The fourth-order valence-electron chi connectivity index (χ4n) is 2.77. The molecule has 0 aliphatic carbocycles. The number of halogens is 3. The molecule has 2 aliphatic rings. The number of nitrogens with zero attached hydrogens (tertiary/aromatic N) is 1. The average Bonchev–Trinajstić information content (AvgIpc) is 2.59. The highest BCUT2D eigenvalue weighted by Crippen LogP contribution is 2.37. The summed E-state index contributed by atoms with van der Waals surface area (Å²) < 4.78 is 38.4. The first-order chi connectivity index (χ1) is 11.6. The van der Waals surface area contributed by atoms with Crippen LogP contribution in [0.25, 0.3) is 0 Å². The van der Waals surface area contributed by atoms with Gasteiger partial charge in [0.05, 0.1) is 5.02 Å². The van der Waals surface area contributed by atoms with Crippen molar-refractivity contribution in [2.75, 3.05) is 52.5 Å². The van der Waals surface area contributed by atoms with E-state index in [0.29, 0.717) is 31.3 Å². The molecule has 0 bridgehead atoms. The van der Waals surface area contributed by atoms with Crippen molar-refractivity contribution < 1.29 is 17.9 Å². The van der Waals surface area contributed by atoms with Crippen LogP contribution in [0.5, 0.6) is 11.5 Å². The molecule has 1 fully saturated rings. The van der Waals surface area contributed by atoms with Gasteiger partial charge in [-0.2, -0.15) is 0 Å². The quantitative estimate of drug-likeness (QED) is 0.643. The fraction of sp³-hybridized carbons (Fsp3) is 0.600. The van der Waals surface area contributed by atoms with Gasteiger partial charge < -0.3 is 19.7 Å². The highest BCUT2D eigenvalue weighted by molar-refractivity contribution is 7.89. The Labute approximate surface area is 171 Å². The third kappa shape index (κ3) is 6.02. The Morgan fingerprint density at radius 1 is 1.12 bits per heavy atom. The van der Waals surface area contributed by atoms with Crippen LogP contribution < -0.4 is 19.5 Å². The predicted octanol–water partition coefficient (Wildman–Crippen LogP) is 1.53. The molecule has 7 nitrogen and oxygen atoms in total. The van der Waals surface area contributed by atoms with Crippen LogP contribution in [0.4, 0.5) is 0 Å². The number of hydrogen-bond acceptors (Lipinski definition) is 6. The molecule has 0 aromatic heterocycles. The molecule has 26 heavy (non-hydrogen) atoms. The molecular formula is C15H24Cl3N3O4S. The number of hydrogen-bond donors (Lipinski definition) is 2. The van der Waals surface area contributed by atoms with Crippen LogP contribution in [0.15, 0.2) is 17.0 Å². The van der Waals surface area contributed by atoms with E-state index < -0.39 is 10.0 Å². The summed E-state index contributed by atoms with van der Waals surface area (Å²) in [6.07, 6.45) is 0.751. The lowest BCUT2D eigenvalue weighted by Crippen LogP contribution is -2.44. The van der Waals surface area contributed by atoms with Crippen molar-refractivity contribution in [3.63, 3.8) is 0 Å². The van der Waals surface area contributed by atoms with Gasteiger partial charge in [-0.25, -0.2) is 13.1 Å². The molecule has 0 saturated carbocycles. The molecule has 150 valence electrons. The lowest BCUT2D eigenvalue weighted by atomic mass is 10.3. The summed E-state index contributed by atoms with van der Waals surface area (Å²) in [6, 6.07) is 2.92. The minimum absolute atomic E-state index is 0. The topological polar surface area (TPSA) is 79.9 Å². The Hall–Kier alpha value is -0.480. The van der Waals surface area contributed by atoms with Crippen molar-refractivity contribution in [1.29, 1.82) is 0 Å². The SMILES string of the molecule is Cl.Cl.O=S(=O)(NCCCN1CCNCC1)c1cc2c(cc1Cl)OCCO2. The Balaban J connectivity index is 0.00000169. The zero-order valence-corrected chi connectivity index (χ0v) is 17.4. The second-order valence-electron chi connectivity index (χ2n) is 5.77. The second-order valence-corrected chi connectivity index (χ2v) is 7.91. The highest BCUT2D eigenvalue weighted by Gasteiger charge is 2.23. The van der Waals surface area contributed by atoms with Crippen molar-refractivity contribution in [2.45, 2.75) is 11.3 Å². The van der Waals surface area contributed by atoms with Gasteiger partial charge in [0.25, 0.3) is 0 Å². The molecule has 1 aromatic rings. The van der Waals surface area contributed by atoms with Crippen LogP contribution in [-0.4, -0.2) is 65.8 Å². The molecule has 0 atom stereocenters. The van der Waals surface area contributed by atoms with Gasteiger partial charge >= 0.3 is 0 Å². The van der Waals surface area contributed by atoms with E-state index in [1.807, 2.05) is 0 Å². The number of benzene rings is 1. The minimum Gasteiger partial charge on any atom is -0.486 e. The Morgan fingerprint density at radius 2 is 1.73 bits per heavy atom. The first-order valence-corrected chi connectivity index (χ1v) is 9.94. The maximum atomic E-state index is 12.5. The van der Waals surface area contributed by atoms with E-state index in [4.69, 9.17) is 21.1 Å². The van der Waals surface area contributed by atoms with Crippen molar-refractivity contribution in [3.05, 3.63) is 17.2 Å². The van der Waals surface area contributed by atoms with Crippen molar-refractivity contribution >= 4 is 46.4 Å². The van der Waals surface area contributed by atoms with Crippen LogP contribution in [0.1, 0.15) is 6.42 Å². The molecule has 2 aliphatic heterocycles. The number of fused-ring (bicyclic) bond motifs is 1. The molecule has 2 heterocycles. The lowest BCUT2D eigenvalue weighted by Gasteiger charge is -2.27. The van der Waals surface area contributed by atoms with Crippen LogP contribution in [0, 0.1) is 0 Å². The molecule has 0 amide bonds. The van der Waals surface area contributed by atoms with Crippen LogP contribution in [0.3, 0.4) is 0 Å². The molecule has 0 radical (unpaired) electrons. The molecular weight excluding hydrogens is 425 g/mol. The van der Waals surface area contributed by atoms with Gasteiger partial charge in [-0.3, -0.25) is 0 Å². The molecule has 1 aromatic carbocycles. The summed E-state index contributed by atoms with van der Waals surface area (Å²) in [6.45, 7) is 6.04. The molecule has 2 N–H and O–H groups in total. The van der Waals surface area contributed by atoms with E-state index in [9.17, 15) is 8.42 Å². The average molecular weight is 449 g/mol. The largest absolute Gasteiger partial charge is 0.486 e. The number of sulfonamides is 1. The van der Waals surface area contributed by atoms with Crippen molar-refractivity contribution in [1.82, 2.24) is 14.9 Å². The molecule has 0 spiro atoms. The van der Waals surface area contributed by atoms with Crippen molar-refractivity contribution in [3.8, 4) is 11.5 Å². The number of nitrogens with one attached hydrogen (secondary N) is 2. The Kier molecular flexibility index (Phi) is 9.74. The molecule has 1 saturated heterocycles. The van der Waals surface area contributed by atoms with E-state index in [1.54, 1.807) is 0 Å². The highest BCUT2D eigenvalue weighted by atomic mass is 35.5. The van der Waals surface area contributed by atoms with E-state index in [2.05, 4.69) is 14.9 Å². The van der Waals surface area contributed by atoms with Gasteiger partial charge in [-0.05, 0) is 13.0 Å². The van der Waals surface area contributed by atoms with Crippen LogP contribution >= 0.6 is 36.4 Å². The summed E-state index contributed by atoms with van der Waals surface area (Å²) in [7, 11) is -3.68. The fourth-order valence-corrected chi connectivity index (χ4v) is 4.38. The third-order valence-corrected chi connectivity index (χ3v) is 5.96. The second kappa shape index (κ2) is 10.8. The van der Waals surface area contributed by atoms with E-state index in [-0.39, 0.29) is 34.7 Å². The summed E-state index contributed by atoms with van der Waals surface area (Å²) in [5.41, 5.74) is 0. The lowest BCUT2D eigenvalue weighted by molar-refractivity contribution is 0.171.